The fourth-order valence-corrected chi connectivity index (χ4v) is 3.36. The van der Waals surface area contributed by atoms with Gasteiger partial charge in [0.25, 0.3) is 5.56 Å². The summed E-state index contributed by atoms with van der Waals surface area (Å²) < 4.78 is 1.57. The summed E-state index contributed by atoms with van der Waals surface area (Å²) in [6.07, 6.45) is 3.63. The summed E-state index contributed by atoms with van der Waals surface area (Å²) in [7, 11) is 0. The lowest BCUT2D eigenvalue weighted by Gasteiger charge is -2.28. The minimum atomic E-state index is -0.0621. The van der Waals surface area contributed by atoms with Crippen molar-refractivity contribution in [2.45, 2.75) is 26.2 Å². The molecule has 1 aliphatic rings. The summed E-state index contributed by atoms with van der Waals surface area (Å²) in [5.74, 6) is 0. The molecule has 0 bridgehead atoms. The molecule has 1 aromatic carbocycles. The molecular formula is C18H20N4O. The predicted octanol–water partition coefficient (Wildman–Crippen LogP) is 2.99. The van der Waals surface area contributed by atoms with Gasteiger partial charge in [-0.1, -0.05) is 30.3 Å². The molecule has 0 saturated carbocycles. The first-order chi connectivity index (χ1) is 11.2. The van der Waals surface area contributed by atoms with Crippen molar-refractivity contribution < 1.29 is 0 Å². The van der Waals surface area contributed by atoms with Crippen molar-refractivity contribution in [1.82, 2.24) is 14.6 Å². The van der Waals surface area contributed by atoms with Crippen LogP contribution in [0.25, 0.3) is 16.9 Å². The molecule has 1 N–H and O–H groups in total. The summed E-state index contributed by atoms with van der Waals surface area (Å²) >= 11 is 0. The zero-order chi connectivity index (χ0) is 15.8. The zero-order valence-corrected chi connectivity index (χ0v) is 13.2. The van der Waals surface area contributed by atoms with E-state index in [0.29, 0.717) is 0 Å². The van der Waals surface area contributed by atoms with Gasteiger partial charge in [0.15, 0.2) is 5.65 Å². The van der Waals surface area contributed by atoms with Gasteiger partial charge in [-0.15, -0.1) is 0 Å². The van der Waals surface area contributed by atoms with Crippen LogP contribution >= 0.6 is 0 Å². The summed E-state index contributed by atoms with van der Waals surface area (Å²) in [5, 5.41) is 3.27. The fourth-order valence-electron chi connectivity index (χ4n) is 3.36. The Kier molecular flexibility index (Phi) is 3.41. The maximum absolute atomic E-state index is 12.4. The van der Waals surface area contributed by atoms with Gasteiger partial charge in [0, 0.05) is 30.4 Å². The lowest BCUT2D eigenvalue weighted by atomic mass is 10.1. The van der Waals surface area contributed by atoms with E-state index in [1.54, 1.807) is 10.6 Å². The molecule has 5 heteroatoms. The Morgan fingerprint density at radius 1 is 1.09 bits per heavy atom. The number of nitrogens with zero attached hydrogens (tertiary/aromatic N) is 3. The van der Waals surface area contributed by atoms with Gasteiger partial charge < -0.3 is 4.90 Å². The third kappa shape index (κ3) is 2.42. The van der Waals surface area contributed by atoms with Crippen molar-refractivity contribution in [3.63, 3.8) is 0 Å². The second-order valence-corrected chi connectivity index (χ2v) is 6.14. The van der Waals surface area contributed by atoms with Crippen LogP contribution in [0.4, 0.5) is 5.69 Å². The standard InChI is InChI=1S/C18H20N4O/c1-13-12-15(23)22-18(19-13)17(21-10-6-3-7-11-21)16(20-22)14-8-4-2-5-9-14/h2,4-5,8-9,12,20H,3,6-7,10-11H2,1H3. The van der Waals surface area contributed by atoms with E-state index in [1.165, 1.54) is 19.3 Å². The maximum Gasteiger partial charge on any atom is 0.272 e. The summed E-state index contributed by atoms with van der Waals surface area (Å²) in [5.41, 5.74) is 4.53. The number of fused-ring (bicyclic) bond motifs is 1. The van der Waals surface area contributed by atoms with Gasteiger partial charge >= 0.3 is 0 Å². The van der Waals surface area contributed by atoms with Gasteiger partial charge in [-0.05, 0) is 26.2 Å². The van der Waals surface area contributed by atoms with Crippen molar-refractivity contribution in [3.8, 4) is 11.3 Å². The molecule has 3 aromatic rings. The number of H-pyrrole nitrogens is 1. The molecule has 5 nitrogen and oxygen atoms in total. The average molecular weight is 308 g/mol. The predicted molar refractivity (Wildman–Crippen MR) is 92.0 cm³/mol. The molecular weight excluding hydrogens is 288 g/mol. The lowest BCUT2D eigenvalue weighted by Crippen LogP contribution is -2.30. The summed E-state index contributed by atoms with van der Waals surface area (Å²) in [4.78, 5) is 19.4. The second kappa shape index (κ2) is 5.57. The van der Waals surface area contributed by atoms with Crippen LogP contribution in [0.2, 0.25) is 0 Å². The molecule has 23 heavy (non-hydrogen) atoms. The molecule has 0 amide bonds. The Morgan fingerprint density at radius 2 is 1.83 bits per heavy atom. The Bertz CT molecular complexity index is 889. The number of hydrogen-bond acceptors (Lipinski definition) is 3. The van der Waals surface area contributed by atoms with Gasteiger partial charge in [-0.25, -0.2) is 4.98 Å². The molecule has 4 rings (SSSR count). The molecule has 2 aromatic heterocycles. The smallest absolute Gasteiger partial charge is 0.272 e. The Balaban J connectivity index is 2.00. The van der Waals surface area contributed by atoms with Gasteiger partial charge in [0.1, 0.15) is 5.69 Å². The van der Waals surface area contributed by atoms with E-state index in [0.717, 1.165) is 41.4 Å². The van der Waals surface area contributed by atoms with E-state index in [4.69, 9.17) is 0 Å². The molecule has 0 atom stereocenters. The number of anilines is 1. The van der Waals surface area contributed by atoms with Gasteiger partial charge in [-0.3, -0.25) is 9.89 Å². The largest absolute Gasteiger partial charge is 0.367 e. The third-order valence-corrected chi connectivity index (χ3v) is 4.45. The van der Waals surface area contributed by atoms with Crippen molar-refractivity contribution in [2.75, 3.05) is 18.0 Å². The van der Waals surface area contributed by atoms with Crippen molar-refractivity contribution in [3.05, 3.63) is 52.4 Å². The van der Waals surface area contributed by atoms with Gasteiger partial charge in [-0.2, -0.15) is 4.52 Å². The van der Waals surface area contributed by atoms with Crippen LogP contribution in [0.3, 0.4) is 0 Å². The Morgan fingerprint density at radius 3 is 2.57 bits per heavy atom. The van der Waals surface area contributed by atoms with Crippen LogP contribution in [0.1, 0.15) is 25.0 Å². The number of hydrogen-bond donors (Lipinski definition) is 1. The fraction of sp³-hybridized carbons (Fsp3) is 0.333. The van der Waals surface area contributed by atoms with Gasteiger partial charge in [0.05, 0.1) is 5.69 Å². The van der Waals surface area contributed by atoms with Crippen molar-refractivity contribution in [2.24, 2.45) is 0 Å². The minimum Gasteiger partial charge on any atom is -0.367 e. The third-order valence-electron chi connectivity index (χ3n) is 4.45. The molecule has 1 saturated heterocycles. The highest BCUT2D eigenvalue weighted by atomic mass is 16.1. The number of benzene rings is 1. The first kappa shape index (κ1) is 14.1. The molecule has 118 valence electrons. The highest BCUT2D eigenvalue weighted by Crippen LogP contribution is 2.34. The van der Waals surface area contributed by atoms with Gasteiger partial charge in [0.2, 0.25) is 0 Å². The highest BCUT2D eigenvalue weighted by Gasteiger charge is 2.22. The number of piperidine rings is 1. The Hall–Kier alpha value is -2.56. The van der Waals surface area contributed by atoms with Crippen molar-refractivity contribution >= 4 is 11.3 Å². The zero-order valence-electron chi connectivity index (χ0n) is 13.2. The van der Waals surface area contributed by atoms with E-state index >= 15 is 0 Å². The highest BCUT2D eigenvalue weighted by molar-refractivity contribution is 5.86. The molecule has 0 unspecified atom stereocenters. The van der Waals surface area contributed by atoms with E-state index in [1.807, 2.05) is 25.1 Å². The molecule has 0 spiro atoms. The minimum absolute atomic E-state index is 0.0621. The quantitative estimate of drug-likeness (QED) is 0.792. The SMILES string of the molecule is Cc1cc(=O)n2[nH]c(-c3ccccc3)c(N3CCCCC3)c2n1. The number of aryl methyl sites for hydroxylation is 1. The van der Waals surface area contributed by atoms with E-state index < -0.39 is 0 Å². The second-order valence-electron chi connectivity index (χ2n) is 6.14. The number of rotatable bonds is 2. The molecule has 0 radical (unpaired) electrons. The van der Waals surface area contributed by atoms with Crippen LogP contribution in [0, 0.1) is 6.92 Å². The number of nitrogens with one attached hydrogen (secondary N) is 1. The normalized spacial score (nSPS) is 15.3. The molecule has 1 aliphatic heterocycles. The summed E-state index contributed by atoms with van der Waals surface area (Å²) in [6.45, 7) is 3.89. The first-order valence-electron chi connectivity index (χ1n) is 8.17. The van der Waals surface area contributed by atoms with Crippen LogP contribution in [-0.4, -0.2) is 27.7 Å². The van der Waals surface area contributed by atoms with E-state index in [9.17, 15) is 4.79 Å². The van der Waals surface area contributed by atoms with E-state index in [-0.39, 0.29) is 5.56 Å². The molecule has 1 fully saturated rings. The van der Waals surface area contributed by atoms with Crippen molar-refractivity contribution in [1.29, 1.82) is 0 Å². The average Bonchev–Trinajstić information content (AvgIpc) is 2.96. The summed E-state index contributed by atoms with van der Waals surface area (Å²) in [6, 6.07) is 11.7. The first-order valence-corrected chi connectivity index (χ1v) is 8.17. The monoisotopic (exact) mass is 308 g/mol. The lowest BCUT2D eigenvalue weighted by molar-refractivity contribution is 0.579. The Labute approximate surface area is 134 Å². The van der Waals surface area contributed by atoms with Crippen LogP contribution in [0.5, 0.6) is 0 Å². The van der Waals surface area contributed by atoms with Crippen LogP contribution < -0.4 is 10.5 Å². The maximum atomic E-state index is 12.4. The topological polar surface area (TPSA) is 53.4 Å². The molecule has 0 aliphatic carbocycles. The number of aromatic amines is 1. The number of aromatic nitrogens is 3. The van der Waals surface area contributed by atoms with Crippen LogP contribution in [-0.2, 0) is 0 Å². The van der Waals surface area contributed by atoms with Crippen LogP contribution in [0.15, 0.2) is 41.2 Å². The van der Waals surface area contributed by atoms with E-state index in [2.05, 4.69) is 27.1 Å². The molecule has 3 heterocycles.